The Labute approximate surface area is 128 Å². The third kappa shape index (κ3) is 3.11. The maximum absolute atomic E-state index is 11.2. The summed E-state index contributed by atoms with van der Waals surface area (Å²) in [5, 5.41) is 15.0. The number of pyridine rings is 1. The molecular weight excluding hydrogens is 292 g/mol. The van der Waals surface area contributed by atoms with Crippen molar-refractivity contribution in [2.24, 2.45) is 5.92 Å². The van der Waals surface area contributed by atoms with Gasteiger partial charge in [0, 0.05) is 31.4 Å². The van der Waals surface area contributed by atoms with E-state index in [1.54, 1.807) is 0 Å². The fourth-order valence-corrected chi connectivity index (χ4v) is 3.58. The van der Waals surface area contributed by atoms with Crippen LogP contribution in [0.2, 0.25) is 5.02 Å². The van der Waals surface area contributed by atoms with Gasteiger partial charge in [-0.3, -0.25) is 10.1 Å². The summed E-state index contributed by atoms with van der Waals surface area (Å²) in [6.45, 7) is 2.76. The number of nitrogens with zero attached hydrogens (tertiary/aromatic N) is 3. The lowest BCUT2D eigenvalue weighted by Crippen LogP contribution is -2.41. The van der Waals surface area contributed by atoms with Crippen LogP contribution < -0.4 is 10.2 Å². The highest BCUT2D eigenvalue weighted by Gasteiger charge is 2.31. The molecule has 114 valence electrons. The molecule has 0 aliphatic carbocycles. The van der Waals surface area contributed by atoms with E-state index in [0.29, 0.717) is 22.8 Å². The van der Waals surface area contributed by atoms with Crippen molar-refractivity contribution in [1.82, 2.24) is 10.3 Å². The number of rotatable bonds is 3. The number of hydrogen-bond donors (Lipinski definition) is 1. The van der Waals surface area contributed by atoms with Crippen LogP contribution in [0.1, 0.15) is 25.7 Å². The van der Waals surface area contributed by atoms with Crippen LogP contribution >= 0.6 is 11.6 Å². The molecule has 0 radical (unpaired) electrons. The second-order valence-corrected chi connectivity index (χ2v) is 6.22. The first-order valence-electron chi connectivity index (χ1n) is 7.43. The van der Waals surface area contributed by atoms with Gasteiger partial charge in [-0.2, -0.15) is 0 Å². The number of nitro groups is 1. The third-order valence-corrected chi connectivity index (χ3v) is 4.72. The van der Waals surface area contributed by atoms with Gasteiger partial charge in [0.2, 0.25) is 5.82 Å². The average molecular weight is 311 g/mol. The van der Waals surface area contributed by atoms with Gasteiger partial charge in [-0.05, 0) is 38.1 Å². The summed E-state index contributed by atoms with van der Waals surface area (Å²) >= 11 is 5.82. The molecule has 1 atom stereocenters. The predicted molar refractivity (Wildman–Crippen MR) is 81.9 cm³/mol. The van der Waals surface area contributed by atoms with Crippen molar-refractivity contribution in [3.05, 3.63) is 27.4 Å². The quantitative estimate of drug-likeness (QED) is 0.686. The minimum absolute atomic E-state index is 0.0000543. The molecule has 0 bridgehead atoms. The molecule has 1 aromatic rings. The zero-order valence-electron chi connectivity index (χ0n) is 11.8. The smallest absolute Gasteiger partial charge is 0.313 e. The fraction of sp³-hybridized carbons (Fsp3) is 0.643. The Bertz CT molecular complexity index is 526. The summed E-state index contributed by atoms with van der Waals surface area (Å²) in [4.78, 5) is 17.0. The van der Waals surface area contributed by atoms with E-state index in [1.165, 1.54) is 25.1 Å². The van der Waals surface area contributed by atoms with E-state index in [9.17, 15) is 10.1 Å². The second kappa shape index (κ2) is 6.15. The van der Waals surface area contributed by atoms with Crippen molar-refractivity contribution < 1.29 is 4.92 Å². The molecule has 2 fully saturated rings. The standard InChI is InChI=1S/C14H19ClN4O2/c15-11-8-13(19(20)21)14(17-9-11)18-6-3-10(4-7-18)12-2-1-5-16-12/h8-10,12,16H,1-7H2. The highest BCUT2D eigenvalue weighted by atomic mass is 35.5. The zero-order valence-corrected chi connectivity index (χ0v) is 12.6. The lowest BCUT2D eigenvalue weighted by molar-refractivity contribution is -0.384. The Balaban J connectivity index is 1.70. The van der Waals surface area contributed by atoms with E-state index in [0.717, 1.165) is 32.5 Å². The molecule has 1 unspecified atom stereocenters. The summed E-state index contributed by atoms with van der Waals surface area (Å²) in [7, 11) is 0. The van der Waals surface area contributed by atoms with Gasteiger partial charge in [0.25, 0.3) is 0 Å². The molecule has 2 saturated heterocycles. The molecule has 3 heterocycles. The van der Waals surface area contributed by atoms with E-state index in [-0.39, 0.29) is 5.69 Å². The highest BCUT2D eigenvalue weighted by molar-refractivity contribution is 6.30. The molecule has 0 spiro atoms. The number of aromatic nitrogens is 1. The lowest BCUT2D eigenvalue weighted by atomic mass is 9.88. The van der Waals surface area contributed by atoms with Crippen LogP contribution in [-0.2, 0) is 0 Å². The van der Waals surface area contributed by atoms with Gasteiger partial charge in [0.1, 0.15) is 0 Å². The van der Waals surface area contributed by atoms with Crippen LogP contribution in [0.3, 0.4) is 0 Å². The normalized spacial score (nSPS) is 23.5. The van der Waals surface area contributed by atoms with Gasteiger partial charge >= 0.3 is 5.69 Å². The molecule has 0 aromatic carbocycles. The first-order valence-corrected chi connectivity index (χ1v) is 7.81. The Hall–Kier alpha value is -1.40. The van der Waals surface area contributed by atoms with Crippen LogP contribution in [-0.4, -0.2) is 35.6 Å². The zero-order chi connectivity index (χ0) is 14.8. The largest absolute Gasteiger partial charge is 0.351 e. The van der Waals surface area contributed by atoms with Crippen LogP contribution in [0.25, 0.3) is 0 Å². The number of anilines is 1. The first-order chi connectivity index (χ1) is 10.1. The van der Waals surface area contributed by atoms with Gasteiger partial charge in [-0.1, -0.05) is 11.6 Å². The van der Waals surface area contributed by atoms with Crippen molar-refractivity contribution in [3.63, 3.8) is 0 Å². The van der Waals surface area contributed by atoms with Crippen molar-refractivity contribution in [2.45, 2.75) is 31.7 Å². The maximum atomic E-state index is 11.2. The van der Waals surface area contributed by atoms with Gasteiger partial charge in [-0.15, -0.1) is 0 Å². The lowest BCUT2D eigenvalue weighted by Gasteiger charge is -2.35. The Morgan fingerprint density at radius 3 is 2.76 bits per heavy atom. The summed E-state index contributed by atoms with van der Waals surface area (Å²) in [5.74, 6) is 1.12. The van der Waals surface area contributed by atoms with Gasteiger partial charge in [0.15, 0.2) is 0 Å². The molecule has 2 aliphatic heterocycles. The maximum Gasteiger partial charge on any atom is 0.313 e. The second-order valence-electron chi connectivity index (χ2n) is 5.78. The third-order valence-electron chi connectivity index (χ3n) is 4.52. The van der Waals surface area contributed by atoms with E-state index >= 15 is 0 Å². The first kappa shape index (κ1) is 14.5. The number of hydrogen-bond acceptors (Lipinski definition) is 5. The number of nitrogens with one attached hydrogen (secondary N) is 1. The van der Waals surface area contributed by atoms with Crippen LogP contribution in [0.4, 0.5) is 11.5 Å². The summed E-state index contributed by atoms with van der Waals surface area (Å²) in [6, 6.07) is 2.01. The van der Waals surface area contributed by atoms with E-state index < -0.39 is 4.92 Å². The van der Waals surface area contributed by atoms with Gasteiger partial charge in [-0.25, -0.2) is 4.98 Å². The Kier molecular flexibility index (Phi) is 4.26. The Morgan fingerprint density at radius 1 is 1.38 bits per heavy atom. The topological polar surface area (TPSA) is 71.3 Å². The van der Waals surface area contributed by atoms with Crippen molar-refractivity contribution >= 4 is 23.1 Å². The van der Waals surface area contributed by atoms with Crippen LogP contribution in [0.15, 0.2) is 12.3 Å². The molecule has 0 saturated carbocycles. The monoisotopic (exact) mass is 310 g/mol. The molecule has 1 aromatic heterocycles. The van der Waals surface area contributed by atoms with Crippen LogP contribution in [0.5, 0.6) is 0 Å². The molecular formula is C14H19ClN4O2. The molecule has 21 heavy (non-hydrogen) atoms. The Morgan fingerprint density at radius 2 is 2.14 bits per heavy atom. The molecule has 3 rings (SSSR count). The number of piperidine rings is 1. The predicted octanol–water partition coefficient (Wildman–Crippen LogP) is 2.61. The molecule has 7 heteroatoms. The van der Waals surface area contributed by atoms with Crippen LogP contribution in [0, 0.1) is 16.0 Å². The molecule has 6 nitrogen and oxygen atoms in total. The minimum Gasteiger partial charge on any atom is -0.351 e. The van der Waals surface area contributed by atoms with Gasteiger partial charge in [0.05, 0.1) is 9.95 Å². The molecule has 0 amide bonds. The summed E-state index contributed by atoms with van der Waals surface area (Å²) in [5.41, 5.74) is -0.0000543. The highest BCUT2D eigenvalue weighted by Crippen LogP contribution is 2.33. The molecule has 1 N–H and O–H groups in total. The van der Waals surface area contributed by atoms with E-state index in [1.807, 2.05) is 4.90 Å². The van der Waals surface area contributed by atoms with Crippen molar-refractivity contribution in [2.75, 3.05) is 24.5 Å². The summed E-state index contributed by atoms with van der Waals surface area (Å²) in [6.07, 6.45) is 6.10. The number of halogens is 1. The van der Waals surface area contributed by atoms with E-state index in [4.69, 9.17) is 11.6 Å². The van der Waals surface area contributed by atoms with Crippen molar-refractivity contribution in [1.29, 1.82) is 0 Å². The van der Waals surface area contributed by atoms with Gasteiger partial charge < -0.3 is 10.2 Å². The fourth-order valence-electron chi connectivity index (χ4n) is 3.43. The minimum atomic E-state index is -0.404. The van der Waals surface area contributed by atoms with E-state index in [2.05, 4.69) is 10.3 Å². The average Bonchev–Trinajstić information content (AvgIpc) is 3.01. The van der Waals surface area contributed by atoms with Crippen molar-refractivity contribution in [3.8, 4) is 0 Å². The molecule has 2 aliphatic rings. The summed E-state index contributed by atoms with van der Waals surface area (Å²) < 4.78 is 0. The SMILES string of the molecule is O=[N+]([O-])c1cc(Cl)cnc1N1CCC(C2CCCN2)CC1.